The molecule has 2 aliphatic rings. The Morgan fingerprint density at radius 2 is 0.782 bits per heavy atom. The van der Waals surface area contributed by atoms with Gasteiger partial charge in [0.2, 0.25) is 0 Å². The summed E-state index contributed by atoms with van der Waals surface area (Å²) >= 11 is 1.84. The van der Waals surface area contributed by atoms with Gasteiger partial charge in [0.05, 0.1) is 39.6 Å². The highest BCUT2D eigenvalue weighted by Gasteiger charge is 2.46. The average molecular weight is 1340 g/mol. The van der Waals surface area contributed by atoms with Crippen LogP contribution in [0.3, 0.4) is 0 Å². The molecule has 0 spiro atoms. The number of benzene rings is 12. The second-order valence-electron chi connectivity index (χ2n) is 34.7. The van der Waals surface area contributed by atoms with Gasteiger partial charge in [-0.2, -0.15) is 0 Å². The van der Waals surface area contributed by atoms with Crippen molar-refractivity contribution in [1.29, 1.82) is 0 Å². The van der Waals surface area contributed by atoms with Crippen LogP contribution in [0, 0.1) is 0 Å². The summed E-state index contributed by atoms with van der Waals surface area (Å²) in [7, 11) is 0. The topological polar surface area (TPSA) is 11.4 Å². The molecule has 2 aromatic heterocycles. The summed E-state index contributed by atoms with van der Waals surface area (Å²) in [6.45, 7) is 41.2. The summed E-state index contributed by atoms with van der Waals surface area (Å²) in [5, 5.41) is 4.71. The van der Waals surface area contributed by atoms with Gasteiger partial charge >= 0.3 is 0 Å². The molecule has 12 aromatic carbocycles. The minimum atomic E-state index is -0.422. The fourth-order valence-corrected chi connectivity index (χ4v) is 17.3. The van der Waals surface area contributed by atoms with E-state index in [2.05, 4.69) is 345 Å². The lowest BCUT2D eigenvalue weighted by Gasteiger charge is -2.45. The highest BCUT2D eigenvalue weighted by atomic mass is 32.1. The first-order chi connectivity index (χ1) is 49.9. The van der Waals surface area contributed by atoms with Gasteiger partial charge in [-0.05, 0) is 182 Å². The molecule has 4 heterocycles. The van der Waals surface area contributed by atoms with Crippen molar-refractivity contribution < 1.29 is 6.85 Å². The van der Waals surface area contributed by atoms with Gasteiger partial charge in [0.25, 0.3) is 6.71 Å². The summed E-state index contributed by atoms with van der Waals surface area (Å²) in [5.41, 5.74) is 26.3. The molecule has 502 valence electrons. The number of thiophene rings is 1. The molecule has 0 saturated carbocycles. The molecule has 101 heavy (non-hydrogen) atoms. The zero-order chi connectivity index (χ0) is 75.1. The molecule has 16 rings (SSSR count). The lowest BCUT2D eigenvalue weighted by molar-refractivity contribution is 0.569. The minimum Gasteiger partial charge on any atom is -0.310 e. The summed E-state index contributed by atoms with van der Waals surface area (Å²) in [4.78, 5) is 5.16. The largest absolute Gasteiger partial charge is 0.310 e. The Hall–Kier alpha value is -9.68. The quantitative estimate of drug-likeness (QED) is 0.147. The summed E-state index contributed by atoms with van der Waals surface area (Å²) < 4.78 is 51.2. The fraction of sp³-hybridized carbons (Fsp3) is 0.250. The van der Waals surface area contributed by atoms with Crippen LogP contribution < -0.4 is 26.2 Å². The fourth-order valence-electron chi connectivity index (χ4n) is 15.8. The Morgan fingerprint density at radius 3 is 1.29 bits per heavy atom. The predicted molar refractivity (Wildman–Crippen MR) is 442 cm³/mol. The van der Waals surface area contributed by atoms with Crippen LogP contribution in [0.25, 0.3) is 92.2 Å². The number of hydrogen-bond acceptors (Lipinski definition) is 3. The van der Waals surface area contributed by atoms with Crippen LogP contribution in [-0.4, -0.2) is 11.3 Å². The summed E-state index contributed by atoms with van der Waals surface area (Å²) in [6.07, 6.45) is 0. The van der Waals surface area contributed by atoms with Crippen molar-refractivity contribution in [2.24, 2.45) is 0 Å². The second-order valence-corrected chi connectivity index (χ2v) is 35.8. The predicted octanol–water partition coefficient (Wildman–Crippen LogP) is 25.7. The third-order valence-electron chi connectivity index (χ3n) is 21.5. The normalized spacial score (nSPS) is 14.3. The number of anilines is 6. The monoisotopic (exact) mass is 1340 g/mol. The van der Waals surface area contributed by atoms with Crippen LogP contribution in [0.1, 0.15) is 165 Å². The minimum absolute atomic E-state index is 0.136. The maximum Gasteiger partial charge on any atom is 0.252 e. The number of aromatic nitrogens is 1. The van der Waals surface area contributed by atoms with Crippen molar-refractivity contribution in [1.82, 2.24) is 4.57 Å². The Bertz CT molecular complexity index is 5790. The summed E-state index contributed by atoms with van der Waals surface area (Å²) in [6, 6.07) is 78.9. The Balaban J connectivity index is 1.14. The molecule has 14 aromatic rings. The number of nitrogens with zero attached hydrogens (tertiary/aromatic N) is 3. The molecule has 5 heteroatoms. The number of rotatable bonds is 7. The second kappa shape index (κ2) is 23.4. The van der Waals surface area contributed by atoms with Crippen molar-refractivity contribution in [3.05, 3.63) is 276 Å². The zero-order valence-electron chi connectivity index (χ0n) is 67.0. The van der Waals surface area contributed by atoms with Gasteiger partial charge in [0.1, 0.15) is 0 Å². The van der Waals surface area contributed by atoms with E-state index in [-0.39, 0.29) is 62.2 Å². The lowest BCUT2D eigenvalue weighted by Crippen LogP contribution is -2.61. The molecule has 3 nitrogen and oxygen atoms in total. The molecule has 0 aliphatic carbocycles. The van der Waals surface area contributed by atoms with Gasteiger partial charge in [0, 0.05) is 60.1 Å². The SMILES string of the molecule is [2H]c1c([2H])c([2H])c(-c2ccc3c(c2)N(c2cccc4c2sc2c(C(C)(C)C)cccc24)c2cc(-n4c5ccc(C(C)(C)C)cc5c5cc(C(C)(C)C)ccc54)cc4c2B3c2ccc(-c3cc(C(C)(C)C)cc(C(C)(C)C)c3)cc2N4c2c(-c3ccccc3)cc(C(C)(C)C)cc2-c2ccccc2)c([2H])c1[2H]. The van der Waals surface area contributed by atoms with Crippen LogP contribution >= 0.6 is 11.3 Å². The first kappa shape index (κ1) is 60.1. The maximum atomic E-state index is 9.63. The molecule has 0 atom stereocenters. The molecular weight excluding hydrogens is 1240 g/mol. The third kappa shape index (κ3) is 11.2. The number of fused-ring (bicyclic) bond motifs is 10. The standard InChI is InChI=1S/C96H94BN3S/c1-91(2,3)65-42-46-80-75(53-65)76-54-66(92(4,5)6)43-47-81(76)98(80)70-57-85-87-86(58-70)100(88-73(60-32-24-20-25-33-60)55-69(95(13,14)15)56-74(88)61-34-26-21-27-35-61)84-51-63(64-48-67(93(7,8)9)52-68(49-64)94(10,11)12)41-45-79(84)97(87)78-44-40-62(59-30-22-19-23-31-59)50-83(78)99(85)82-39-29-37-72-71-36-28-38-77(96(16,17)18)89(71)101-90(72)82/h19-58H,1-18H3/i19D,22D,23D,30D,31D. The summed E-state index contributed by atoms with van der Waals surface area (Å²) in [5.74, 6) is 0. The van der Waals surface area contributed by atoms with Crippen LogP contribution in [-0.2, 0) is 32.5 Å². The van der Waals surface area contributed by atoms with E-state index in [0.29, 0.717) is 5.56 Å². The van der Waals surface area contributed by atoms with Crippen LogP contribution in [0.15, 0.2) is 243 Å². The van der Waals surface area contributed by atoms with E-state index >= 15 is 0 Å². The van der Waals surface area contributed by atoms with E-state index in [0.717, 1.165) is 111 Å². The molecule has 0 unspecified atom stereocenters. The Labute approximate surface area is 611 Å². The molecule has 0 fully saturated rings. The van der Waals surface area contributed by atoms with Gasteiger partial charge in [-0.3, -0.25) is 0 Å². The van der Waals surface area contributed by atoms with Gasteiger partial charge in [-0.1, -0.05) is 300 Å². The van der Waals surface area contributed by atoms with E-state index in [1.54, 1.807) is 0 Å². The van der Waals surface area contributed by atoms with E-state index in [9.17, 15) is 2.74 Å². The molecule has 0 radical (unpaired) electrons. The Morgan fingerprint density at radius 1 is 0.317 bits per heavy atom. The highest BCUT2D eigenvalue weighted by molar-refractivity contribution is 7.26. The highest BCUT2D eigenvalue weighted by Crippen LogP contribution is 2.55. The van der Waals surface area contributed by atoms with E-state index in [1.807, 2.05) is 17.4 Å². The third-order valence-corrected chi connectivity index (χ3v) is 22.8. The van der Waals surface area contributed by atoms with Gasteiger partial charge in [0.15, 0.2) is 0 Å². The van der Waals surface area contributed by atoms with Gasteiger partial charge in [-0.15, -0.1) is 11.3 Å². The van der Waals surface area contributed by atoms with Crippen LogP contribution in [0.2, 0.25) is 0 Å². The van der Waals surface area contributed by atoms with Crippen molar-refractivity contribution in [3.63, 3.8) is 0 Å². The molecule has 2 aliphatic heterocycles. The molecule has 0 N–H and O–H groups in total. The molecule has 0 bridgehead atoms. The van der Waals surface area contributed by atoms with E-state index < -0.39 is 12.8 Å². The van der Waals surface area contributed by atoms with Crippen LogP contribution in [0.4, 0.5) is 34.1 Å². The number of hydrogen-bond donors (Lipinski definition) is 0. The first-order valence-corrected chi connectivity index (χ1v) is 36.9. The Kier molecular flexibility index (Phi) is 14.0. The smallest absolute Gasteiger partial charge is 0.252 e. The maximum absolute atomic E-state index is 9.63. The molecule has 0 saturated heterocycles. The van der Waals surface area contributed by atoms with Gasteiger partial charge < -0.3 is 14.4 Å². The van der Waals surface area contributed by atoms with Crippen molar-refractivity contribution in [3.8, 4) is 50.2 Å². The zero-order valence-corrected chi connectivity index (χ0v) is 62.9. The van der Waals surface area contributed by atoms with E-state index in [1.165, 1.54) is 54.2 Å². The van der Waals surface area contributed by atoms with Crippen molar-refractivity contribution >= 4 is 111 Å². The first-order valence-electron chi connectivity index (χ1n) is 38.6. The molecule has 0 amide bonds. The van der Waals surface area contributed by atoms with Crippen molar-refractivity contribution in [2.45, 2.75) is 157 Å². The van der Waals surface area contributed by atoms with E-state index in [4.69, 9.17) is 4.11 Å². The van der Waals surface area contributed by atoms with Crippen LogP contribution in [0.5, 0.6) is 0 Å². The van der Waals surface area contributed by atoms with Crippen molar-refractivity contribution in [2.75, 3.05) is 9.80 Å². The average Bonchev–Trinajstić information content (AvgIpc) is 0.866. The van der Waals surface area contributed by atoms with Gasteiger partial charge in [-0.25, -0.2) is 0 Å². The molecular formula is C96H94BN3S. The lowest BCUT2D eigenvalue weighted by atomic mass is 9.33.